The second kappa shape index (κ2) is 5.79. The van der Waals surface area contributed by atoms with Gasteiger partial charge in [0.15, 0.2) is 0 Å². The molecule has 4 heteroatoms. The molecule has 106 valence electrons. The van der Waals surface area contributed by atoms with Gasteiger partial charge in [0.25, 0.3) is 0 Å². The zero-order valence-corrected chi connectivity index (χ0v) is 12.9. The molecule has 3 nitrogen and oxygen atoms in total. The number of hydrogen-bond donors (Lipinski definition) is 0. The van der Waals surface area contributed by atoms with Crippen molar-refractivity contribution in [3.63, 3.8) is 0 Å². The lowest BCUT2D eigenvalue weighted by Crippen LogP contribution is -1.97. The van der Waals surface area contributed by atoms with Crippen LogP contribution in [0.3, 0.4) is 0 Å². The molecule has 1 aromatic carbocycles. The molecule has 0 atom stereocenters. The monoisotopic (exact) mass is 296 g/mol. The highest BCUT2D eigenvalue weighted by atomic mass is 32.2. The minimum Gasteiger partial charge on any atom is -0.497 e. The van der Waals surface area contributed by atoms with E-state index in [1.165, 1.54) is 24.6 Å². The summed E-state index contributed by atoms with van der Waals surface area (Å²) in [5, 5.41) is 10.3. The highest BCUT2D eigenvalue weighted by molar-refractivity contribution is 7.98. The number of thioether (sulfide) groups is 1. The zero-order chi connectivity index (χ0) is 14.8. The van der Waals surface area contributed by atoms with Gasteiger partial charge in [-0.25, -0.2) is 4.98 Å². The van der Waals surface area contributed by atoms with Gasteiger partial charge >= 0.3 is 0 Å². The maximum atomic E-state index is 9.51. The first kappa shape index (κ1) is 14.0. The highest BCUT2D eigenvalue weighted by Gasteiger charge is 2.27. The van der Waals surface area contributed by atoms with E-state index in [2.05, 4.69) is 17.1 Å². The van der Waals surface area contributed by atoms with E-state index in [9.17, 15) is 5.26 Å². The molecule has 1 aliphatic rings. The molecule has 1 aromatic heterocycles. The van der Waals surface area contributed by atoms with Crippen LogP contribution >= 0.6 is 11.8 Å². The first-order valence-corrected chi connectivity index (χ1v) is 8.12. The number of ether oxygens (including phenoxy) is 1. The van der Waals surface area contributed by atoms with Crippen molar-refractivity contribution < 1.29 is 4.74 Å². The molecule has 0 spiro atoms. The molecule has 0 aliphatic heterocycles. The Kier molecular flexibility index (Phi) is 3.85. The van der Waals surface area contributed by atoms with Crippen molar-refractivity contribution in [3.8, 4) is 22.9 Å². The Balaban J connectivity index is 2.14. The molecular formula is C17H16N2OS. The third kappa shape index (κ3) is 2.74. The van der Waals surface area contributed by atoms with Crippen LogP contribution in [-0.2, 0) is 0 Å². The molecule has 2 aromatic rings. The van der Waals surface area contributed by atoms with Crippen molar-refractivity contribution in [2.75, 3.05) is 13.4 Å². The van der Waals surface area contributed by atoms with Crippen LogP contribution in [-0.4, -0.2) is 18.3 Å². The SMILES string of the molecule is COc1ccc(-c2cc(C3CC3)nc(SC)c2C#N)cc1. The molecule has 21 heavy (non-hydrogen) atoms. The van der Waals surface area contributed by atoms with Gasteiger partial charge in [-0.15, -0.1) is 11.8 Å². The van der Waals surface area contributed by atoms with Crippen LogP contribution < -0.4 is 4.74 Å². The first-order chi connectivity index (χ1) is 10.3. The van der Waals surface area contributed by atoms with Gasteiger partial charge < -0.3 is 4.74 Å². The van der Waals surface area contributed by atoms with E-state index in [-0.39, 0.29) is 0 Å². The number of benzene rings is 1. The quantitative estimate of drug-likeness (QED) is 0.792. The topological polar surface area (TPSA) is 45.9 Å². The standard InChI is InChI=1S/C17H16N2OS/c1-20-13-7-5-11(6-8-13)14-9-16(12-3-4-12)19-17(21-2)15(14)10-18/h5-9,12H,3-4H2,1-2H3. The molecule has 0 amide bonds. The minimum atomic E-state index is 0.570. The zero-order valence-electron chi connectivity index (χ0n) is 12.1. The van der Waals surface area contributed by atoms with E-state index in [4.69, 9.17) is 4.74 Å². The predicted octanol–water partition coefficient (Wildman–Crippen LogP) is 4.23. The number of aromatic nitrogens is 1. The maximum Gasteiger partial charge on any atom is 0.118 e. The van der Waals surface area contributed by atoms with Crippen LogP contribution in [0.5, 0.6) is 5.75 Å². The molecule has 0 unspecified atom stereocenters. The molecule has 0 saturated heterocycles. The van der Waals surface area contributed by atoms with Gasteiger partial charge in [0, 0.05) is 17.2 Å². The summed E-state index contributed by atoms with van der Waals surface area (Å²) in [6.07, 6.45) is 4.38. The summed E-state index contributed by atoms with van der Waals surface area (Å²) in [5.41, 5.74) is 3.79. The Morgan fingerprint density at radius 1 is 1.29 bits per heavy atom. The molecule has 0 radical (unpaired) electrons. The summed E-state index contributed by atoms with van der Waals surface area (Å²) in [4.78, 5) is 4.66. The maximum absolute atomic E-state index is 9.51. The smallest absolute Gasteiger partial charge is 0.118 e. The van der Waals surface area contributed by atoms with Crippen molar-refractivity contribution >= 4 is 11.8 Å². The summed E-state index contributed by atoms with van der Waals surface area (Å²) >= 11 is 1.54. The van der Waals surface area contributed by atoms with Gasteiger partial charge in [-0.1, -0.05) is 12.1 Å². The summed E-state index contributed by atoms with van der Waals surface area (Å²) in [6, 6.07) is 12.2. The van der Waals surface area contributed by atoms with E-state index < -0.39 is 0 Å². The molecule has 0 N–H and O–H groups in total. The second-order valence-corrected chi connectivity index (χ2v) is 5.89. The van der Waals surface area contributed by atoms with Gasteiger partial charge in [-0.2, -0.15) is 5.26 Å². The van der Waals surface area contributed by atoms with Gasteiger partial charge in [-0.05, 0) is 42.9 Å². The number of hydrogen-bond acceptors (Lipinski definition) is 4. The number of nitrogens with zero attached hydrogens (tertiary/aromatic N) is 2. The Morgan fingerprint density at radius 2 is 2.00 bits per heavy atom. The second-order valence-electron chi connectivity index (χ2n) is 5.09. The number of rotatable bonds is 4. The molecule has 1 aliphatic carbocycles. The molecule has 3 rings (SSSR count). The van der Waals surface area contributed by atoms with Crippen LogP contribution in [0.25, 0.3) is 11.1 Å². The van der Waals surface area contributed by atoms with Crippen molar-refractivity contribution in [2.45, 2.75) is 23.8 Å². The Labute approximate surface area is 129 Å². The average Bonchev–Trinajstić information content (AvgIpc) is 3.38. The lowest BCUT2D eigenvalue weighted by atomic mass is 10.00. The molecule has 1 heterocycles. The van der Waals surface area contributed by atoms with E-state index >= 15 is 0 Å². The fourth-order valence-electron chi connectivity index (χ4n) is 2.38. The first-order valence-electron chi connectivity index (χ1n) is 6.90. The normalized spacial score (nSPS) is 13.8. The Hall–Kier alpha value is -1.99. The van der Waals surface area contributed by atoms with Crippen molar-refractivity contribution in [1.82, 2.24) is 4.98 Å². The highest BCUT2D eigenvalue weighted by Crippen LogP contribution is 2.42. The third-order valence-corrected chi connectivity index (χ3v) is 4.39. The fraction of sp³-hybridized carbons (Fsp3) is 0.294. The van der Waals surface area contributed by atoms with Gasteiger partial charge in [0.2, 0.25) is 0 Å². The van der Waals surface area contributed by atoms with Gasteiger partial charge in [-0.3, -0.25) is 0 Å². The summed E-state index contributed by atoms with van der Waals surface area (Å²) in [5.74, 6) is 1.39. The Morgan fingerprint density at radius 3 is 2.52 bits per heavy atom. The van der Waals surface area contributed by atoms with Gasteiger partial charge in [0.1, 0.15) is 16.8 Å². The molecule has 1 fully saturated rings. The summed E-state index contributed by atoms with van der Waals surface area (Å²) in [7, 11) is 1.65. The van der Waals surface area contributed by atoms with Crippen LogP contribution in [0.1, 0.15) is 30.0 Å². The van der Waals surface area contributed by atoms with Crippen molar-refractivity contribution in [3.05, 3.63) is 41.6 Å². The summed E-state index contributed by atoms with van der Waals surface area (Å²) in [6.45, 7) is 0. The number of pyridine rings is 1. The van der Waals surface area contributed by atoms with Crippen molar-refractivity contribution in [2.24, 2.45) is 0 Å². The van der Waals surface area contributed by atoms with E-state index in [0.717, 1.165) is 27.6 Å². The number of methoxy groups -OCH3 is 1. The van der Waals surface area contributed by atoms with Crippen LogP contribution in [0.15, 0.2) is 35.4 Å². The fourth-order valence-corrected chi connectivity index (χ4v) is 2.94. The predicted molar refractivity (Wildman–Crippen MR) is 84.7 cm³/mol. The minimum absolute atomic E-state index is 0.570. The van der Waals surface area contributed by atoms with E-state index in [1.807, 2.05) is 30.5 Å². The van der Waals surface area contributed by atoms with E-state index in [1.54, 1.807) is 7.11 Å². The average molecular weight is 296 g/mol. The largest absolute Gasteiger partial charge is 0.497 e. The van der Waals surface area contributed by atoms with Crippen molar-refractivity contribution in [1.29, 1.82) is 5.26 Å². The summed E-state index contributed by atoms with van der Waals surface area (Å²) < 4.78 is 5.20. The van der Waals surface area contributed by atoms with Crippen LogP contribution in [0.4, 0.5) is 0 Å². The lowest BCUT2D eigenvalue weighted by Gasteiger charge is -2.11. The van der Waals surface area contributed by atoms with E-state index in [0.29, 0.717) is 11.5 Å². The van der Waals surface area contributed by atoms with Crippen LogP contribution in [0, 0.1) is 11.3 Å². The Bertz CT molecular complexity index is 700. The third-order valence-electron chi connectivity index (χ3n) is 3.71. The molecule has 0 bridgehead atoms. The number of nitriles is 1. The molecular weight excluding hydrogens is 280 g/mol. The molecule has 1 saturated carbocycles. The van der Waals surface area contributed by atoms with Gasteiger partial charge in [0.05, 0.1) is 12.7 Å². The van der Waals surface area contributed by atoms with Crippen LogP contribution in [0.2, 0.25) is 0 Å². The lowest BCUT2D eigenvalue weighted by molar-refractivity contribution is 0.415.